The normalized spacial score (nSPS) is 13.4. The average Bonchev–Trinajstić information content (AvgIpc) is 3.04. The molecule has 1 aliphatic heterocycles. The highest BCUT2D eigenvalue weighted by Crippen LogP contribution is 2.36. The molecule has 0 aliphatic carbocycles. The molecule has 4 rings (SSSR count). The van der Waals surface area contributed by atoms with Crippen LogP contribution in [0.1, 0.15) is 63.6 Å². The Morgan fingerprint density at radius 2 is 2.00 bits per heavy atom. The quantitative estimate of drug-likeness (QED) is 0.376. The van der Waals surface area contributed by atoms with Crippen LogP contribution in [0.25, 0.3) is 17.1 Å². The van der Waals surface area contributed by atoms with E-state index >= 15 is 0 Å². The SMILES string of the molecule is COc1c(C)cnc(Cn2nc3c4c(nc(NC(=O)OC(C)(C)C)nc42)SCC(CCNC(C)C)=C3)c1C. The molecular weight excluding hydrogens is 502 g/mol. The highest BCUT2D eigenvalue weighted by Gasteiger charge is 2.24. The van der Waals surface area contributed by atoms with E-state index in [1.807, 2.05) is 45.5 Å². The van der Waals surface area contributed by atoms with Gasteiger partial charge in [0.25, 0.3) is 0 Å². The maximum absolute atomic E-state index is 12.5. The smallest absolute Gasteiger partial charge is 0.414 e. The van der Waals surface area contributed by atoms with Gasteiger partial charge in [0.2, 0.25) is 5.95 Å². The van der Waals surface area contributed by atoms with Gasteiger partial charge in [0.05, 0.1) is 30.4 Å². The first-order chi connectivity index (χ1) is 17.9. The van der Waals surface area contributed by atoms with Crippen LogP contribution in [0.15, 0.2) is 16.8 Å². The molecule has 0 radical (unpaired) electrons. The molecule has 2 N–H and O–H groups in total. The number of nitrogens with zero attached hydrogens (tertiary/aromatic N) is 5. The van der Waals surface area contributed by atoms with Crippen LogP contribution in [0.2, 0.25) is 0 Å². The van der Waals surface area contributed by atoms with Gasteiger partial charge >= 0.3 is 6.09 Å². The third-order valence-corrected chi connectivity index (χ3v) is 7.07. The number of nitrogens with one attached hydrogen (secondary N) is 2. The number of thioether (sulfide) groups is 1. The summed E-state index contributed by atoms with van der Waals surface area (Å²) in [6.45, 7) is 15.0. The lowest BCUT2D eigenvalue weighted by atomic mass is 10.1. The minimum atomic E-state index is -0.639. The topological polar surface area (TPSA) is 116 Å². The van der Waals surface area contributed by atoms with Gasteiger partial charge in [-0.15, -0.1) is 11.8 Å². The average molecular weight is 540 g/mol. The molecule has 0 saturated heterocycles. The molecule has 1 aliphatic rings. The summed E-state index contributed by atoms with van der Waals surface area (Å²) in [6, 6.07) is 0.423. The van der Waals surface area contributed by atoms with Crippen LogP contribution in [0, 0.1) is 13.8 Å². The van der Waals surface area contributed by atoms with Gasteiger partial charge in [0, 0.05) is 29.1 Å². The van der Waals surface area contributed by atoms with Gasteiger partial charge in [0.15, 0.2) is 5.65 Å². The minimum absolute atomic E-state index is 0.179. The number of methoxy groups -OCH3 is 1. The van der Waals surface area contributed by atoms with Crippen LogP contribution in [0.3, 0.4) is 0 Å². The number of ether oxygens (including phenoxy) is 2. The number of carbonyl (C=O) groups is 1. The molecule has 0 fully saturated rings. The second-order valence-electron chi connectivity index (χ2n) is 10.7. The predicted molar refractivity (Wildman–Crippen MR) is 151 cm³/mol. The van der Waals surface area contributed by atoms with Gasteiger partial charge in [-0.3, -0.25) is 10.3 Å². The Morgan fingerprint density at radius 1 is 1.24 bits per heavy atom. The number of hydrogen-bond donors (Lipinski definition) is 2. The number of hydrogen-bond acceptors (Lipinski definition) is 9. The maximum Gasteiger partial charge on any atom is 0.414 e. The molecule has 0 spiro atoms. The number of pyridine rings is 1. The fourth-order valence-electron chi connectivity index (χ4n) is 4.27. The van der Waals surface area contributed by atoms with Crippen molar-refractivity contribution in [2.24, 2.45) is 0 Å². The summed E-state index contributed by atoms with van der Waals surface area (Å²) < 4.78 is 12.9. The van der Waals surface area contributed by atoms with Crippen molar-refractivity contribution >= 4 is 40.9 Å². The zero-order valence-corrected chi connectivity index (χ0v) is 24.2. The molecule has 0 atom stereocenters. The predicted octanol–water partition coefficient (Wildman–Crippen LogP) is 5.12. The van der Waals surface area contributed by atoms with Crippen molar-refractivity contribution in [3.8, 4) is 5.75 Å². The fraction of sp³-hybridized carbons (Fsp3) is 0.519. The van der Waals surface area contributed by atoms with Crippen LogP contribution in [-0.2, 0) is 11.3 Å². The number of carbonyl (C=O) groups excluding carboxylic acids is 1. The lowest BCUT2D eigenvalue weighted by Gasteiger charge is -2.19. The van der Waals surface area contributed by atoms with Crippen molar-refractivity contribution < 1.29 is 14.3 Å². The van der Waals surface area contributed by atoms with Crippen LogP contribution >= 0.6 is 11.8 Å². The molecule has 0 unspecified atom stereocenters. The number of rotatable bonds is 8. The Hall–Kier alpha value is -3.18. The summed E-state index contributed by atoms with van der Waals surface area (Å²) in [5, 5.41) is 12.8. The fourth-order valence-corrected chi connectivity index (χ4v) is 5.31. The van der Waals surface area contributed by atoms with E-state index in [1.54, 1.807) is 18.9 Å². The van der Waals surface area contributed by atoms with Crippen molar-refractivity contribution in [3.05, 3.63) is 34.3 Å². The zero-order chi connectivity index (χ0) is 27.6. The Bertz CT molecular complexity index is 1380. The van der Waals surface area contributed by atoms with Crippen LogP contribution in [0.4, 0.5) is 10.7 Å². The molecule has 3 aromatic heterocycles. The first-order valence-electron chi connectivity index (χ1n) is 12.8. The van der Waals surface area contributed by atoms with Gasteiger partial charge < -0.3 is 14.8 Å². The molecule has 10 nitrogen and oxygen atoms in total. The van der Waals surface area contributed by atoms with Gasteiger partial charge in [-0.1, -0.05) is 19.4 Å². The first kappa shape index (κ1) is 27.8. The van der Waals surface area contributed by atoms with Crippen molar-refractivity contribution in [2.75, 3.05) is 24.7 Å². The van der Waals surface area contributed by atoms with E-state index in [0.717, 1.165) is 57.4 Å². The van der Waals surface area contributed by atoms with E-state index in [-0.39, 0.29) is 5.95 Å². The van der Waals surface area contributed by atoms with Gasteiger partial charge in [0.1, 0.15) is 16.4 Å². The van der Waals surface area contributed by atoms with E-state index in [2.05, 4.69) is 40.5 Å². The number of anilines is 1. The summed E-state index contributed by atoms with van der Waals surface area (Å²) in [5.74, 6) is 1.77. The van der Waals surface area contributed by atoms with Gasteiger partial charge in [-0.2, -0.15) is 10.1 Å². The van der Waals surface area contributed by atoms with Gasteiger partial charge in [-0.25, -0.2) is 14.5 Å². The monoisotopic (exact) mass is 539 g/mol. The molecule has 0 bridgehead atoms. The Kier molecular flexibility index (Phi) is 8.27. The Balaban J connectivity index is 1.76. The summed E-state index contributed by atoms with van der Waals surface area (Å²) in [5.41, 5.74) is 4.83. The third kappa shape index (κ3) is 6.44. The standard InChI is InChI=1S/C27H37N7O3S/c1-15(2)28-10-9-18-11-19-21-23(34(33-19)13-20-17(4)22(36-8)16(3)12-29-20)30-25(31-24(21)38-14-18)32-26(35)37-27(5,6)7/h11-12,15,28H,9-10,13-14H2,1-8H3,(H,30,31,32,35). The highest BCUT2D eigenvalue weighted by atomic mass is 32.2. The Morgan fingerprint density at radius 3 is 2.68 bits per heavy atom. The molecule has 1 amide bonds. The molecular formula is C27H37N7O3S. The lowest BCUT2D eigenvalue weighted by Crippen LogP contribution is -2.28. The summed E-state index contributed by atoms with van der Waals surface area (Å²) >= 11 is 1.63. The first-order valence-corrected chi connectivity index (χ1v) is 13.8. The molecule has 38 heavy (non-hydrogen) atoms. The number of aryl methyl sites for hydroxylation is 1. The minimum Gasteiger partial charge on any atom is -0.496 e. The zero-order valence-electron chi connectivity index (χ0n) is 23.4. The largest absolute Gasteiger partial charge is 0.496 e. The second kappa shape index (κ2) is 11.3. The van der Waals surface area contributed by atoms with Crippen LogP contribution < -0.4 is 15.4 Å². The maximum atomic E-state index is 12.5. The summed E-state index contributed by atoms with van der Waals surface area (Å²) in [6.07, 6.45) is 4.25. The van der Waals surface area contributed by atoms with Crippen molar-refractivity contribution in [3.63, 3.8) is 0 Å². The van der Waals surface area contributed by atoms with Gasteiger partial charge in [-0.05, 0) is 53.7 Å². The second-order valence-corrected chi connectivity index (χ2v) is 11.7. The molecule has 204 valence electrons. The van der Waals surface area contributed by atoms with E-state index in [9.17, 15) is 4.79 Å². The molecule has 3 aromatic rings. The van der Waals surface area contributed by atoms with Crippen molar-refractivity contribution in [1.29, 1.82) is 0 Å². The van der Waals surface area contributed by atoms with Crippen molar-refractivity contribution in [1.82, 2.24) is 30.0 Å². The lowest BCUT2D eigenvalue weighted by molar-refractivity contribution is 0.0634. The highest BCUT2D eigenvalue weighted by molar-refractivity contribution is 7.99. The third-order valence-electron chi connectivity index (χ3n) is 5.98. The summed E-state index contributed by atoms with van der Waals surface area (Å²) in [7, 11) is 1.67. The molecule has 11 heteroatoms. The van der Waals surface area contributed by atoms with Crippen LogP contribution in [-0.4, -0.2) is 61.9 Å². The molecule has 0 saturated carbocycles. The number of amides is 1. The number of aromatic nitrogens is 5. The van der Waals surface area contributed by atoms with Crippen LogP contribution in [0.5, 0.6) is 5.75 Å². The summed E-state index contributed by atoms with van der Waals surface area (Å²) in [4.78, 5) is 26.6. The Labute approximate surface area is 228 Å². The molecule has 4 heterocycles. The van der Waals surface area contributed by atoms with E-state index in [1.165, 1.54) is 5.57 Å². The van der Waals surface area contributed by atoms with E-state index in [4.69, 9.17) is 19.6 Å². The van der Waals surface area contributed by atoms with Crippen molar-refractivity contribution in [2.45, 2.75) is 78.1 Å². The van der Waals surface area contributed by atoms with E-state index in [0.29, 0.717) is 18.2 Å². The van der Waals surface area contributed by atoms with E-state index < -0.39 is 11.7 Å². The molecule has 0 aromatic carbocycles.